The van der Waals surface area contributed by atoms with E-state index in [2.05, 4.69) is 9.97 Å². The lowest BCUT2D eigenvalue weighted by molar-refractivity contribution is 0.0688. The minimum atomic E-state index is -1.00. The third-order valence-electron chi connectivity index (χ3n) is 3.28. The van der Waals surface area contributed by atoms with E-state index < -0.39 is 5.97 Å². The van der Waals surface area contributed by atoms with Crippen LogP contribution in [0.4, 0.5) is 0 Å². The number of carboxylic acids is 1. The Morgan fingerprint density at radius 2 is 1.90 bits per heavy atom. The van der Waals surface area contributed by atoms with Crippen molar-refractivity contribution in [1.82, 2.24) is 14.4 Å². The van der Waals surface area contributed by atoms with Crippen LogP contribution in [0.1, 0.15) is 21.7 Å². The van der Waals surface area contributed by atoms with Crippen molar-refractivity contribution in [3.8, 4) is 11.1 Å². The van der Waals surface area contributed by atoms with Gasteiger partial charge in [0.05, 0.1) is 5.69 Å². The minimum absolute atomic E-state index is 0.154. The molecule has 100 valence electrons. The fourth-order valence-electron chi connectivity index (χ4n) is 2.28. The third kappa shape index (κ3) is 1.84. The van der Waals surface area contributed by atoms with Gasteiger partial charge in [-0.15, -0.1) is 0 Å². The minimum Gasteiger partial charge on any atom is -0.477 e. The van der Waals surface area contributed by atoms with E-state index in [9.17, 15) is 9.90 Å². The number of fused-ring (bicyclic) bond motifs is 1. The first kappa shape index (κ1) is 12.3. The number of carbonyl (C=O) groups is 1. The molecule has 0 fully saturated rings. The molecule has 2 aromatic heterocycles. The van der Waals surface area contributed by atoms with Gasteiger partial charge in [0.25, 0.3) is 0 Å². The average Bonchev–Trinajstić information content (AvgIpc) is 2.75. The predicted octanol–water partition coefficient (Wildman–Crippen LogP) is 2.71. The van der Waals surface area contributed by atoms with Crippen LogP contribution in [0.5, 0.6) is 0 Å². The monoisotopic (exact) mass is 267 g/mol. The number of aromatic carboxylic acids is 1. The molecule has 20 heavy (non-hydrogen) atoms. The van der Waals surface area contributed by atoms with Gasteiger partial charge >= 0.3 is 5.97 Å². The highest BCUT2D eigenvalue weighted by Crippen LogP contribution is 2.25. The number of hydrogen-bond acceptors (Lipinski definition) is 3. The Morgan fingerprint density at radius 3 is 2.55 bits per heavy atom. The molecule has 0 spiro atoms. The second-order valence-electron chi connectivity index (χ2n) is 4.72. The Balaban J connectivity index is 2.30. The molecule has 5 heteroatoms. The van der Waals surface area contributed by atoms with E-state index in [1.54, 1.807) is 13.1 Å². The van der Waals surface area contributed by atoms with E-state index in [0.29, 0.717) is 11.3 Å². The first-order chi connectivity index (χ1) is 9.58. The summed E-state index contributed by atoms with van der Waals surface area (Å²) in [7, 11) is 0. The number of aromatic nitrogens is 3. The molecule has 3 aromatic rings. The standard InChI is InChI=1S/C15H13N3O2/c1-9-3-5-11(6-4-9)12-7-16-8-18-13(15(19)20)10(2)17-14(12)18/h3-8H,1-2H3,(H,19,20). The van der Waals surface area contributed by atoms with Gasteiger partial charge in [-0.1, -0.05) is 29.8 Å². The molecule has 0 radical (unpaired) electrons. The van der Waals surface area contributed by atoms with Crippen molar-refractivity contribution in [1.29, 1.82) is 0 Å². The second-order valence-corrected chi connectivity index (χ2v) is 4.72. The number of hydrogen-bond donors (Lipinski definition) is 1. The average molecular weight is 267 g/mol. The van der Waals surface area contributed by atoms with Gasteiger partial charge in [-0.05, 0) is 19.4 Å². The second kappa shape index (κ2) is 4.45. The van der Waals surface area contributed by atoms with Crippen LogP contribution in [0, 0.1) is 13.8 Å². The first-order valence-corrected chi connectivity index (χ1v) is 6.21. The molecule has 3 rings (SSSR count). The lowest BCUT2D eigenvalue weighted by Gasteiger charge is -2.04. The molecule has 0 saturated heterocycles. The Bertz CT molecular complexity index is 804. The van der Waals surface area contributed by atoms with E-state index in [1.165, 1.54) is 16.3 Å². The van der Waals surface area contributed by atoms with Crippen molar-refractivity contribution in [3.63, 3.8) is 0 Å². The Kier molecular flexibility index (Phi) is 2.75. The molecular formula is C15H13N3O2. The Hall–Kier alpha value is -2.69. The number of nitrogens with zero attached hydrogens (tertiary/aromatic N) is 3. The lowest BCUT2D eigenvalue weighted by Crippen LogP contribution is -2.04. The van der Waals surface area contributed by atoms with Crippen molar-refractivity contribution in [2.45, 2.75) is 13.8 Å². The third-order valence-corrected chi connectivity index (χ3v) is 3.28. The summed E-state index contributed by atoms with van der Waals surface area (Å²) >= 11 is 0. The van der Waals surface area contributed by atoms with Crippen molar-refractivity contribution >= 4 is 11.6 Å². The summed E-state index contributed by atoms with van der Waals surface area (Å²) in [4.78, 5) is 19.8. The number of carboxylic acid groups (broad SMARTS) is 1. The molecule has 1 aromatic carbocycles. The highest BCUT2D eigenvalue weighted by Gasteiger charge is 2.18. The smallest absolute Gasteiger partial charge is 0.354 e. The first-order valence-electron chi connectivity index (χ1n) is 6.21. The van der Waals surface area contributed by atoms with Gasteiger partial charge in [-0.2, -0.15) is 0 Å². The largest absolute Gasteiger partial charge is 0.477 e. The van der Waals surface area contributed by atoms with E-state index >= 15 is 0 Å². The van der Waals surface area contributed by atoms with Gasteiger partial charge in [-0.3, -0.25) is 4.40 Å². The van der Waals surface area contributed by atoms with Gasteiger partial charge in [0.15, 0.2) is 5.69 Å². The molecule has 0 aliphatic heterocycles. The van der Waals surface area contributed by atoms with Crippen LogP contribution in [0.15, 0.2) is 36.8 Å². The topological polar surface area (TPSA) is 67.5 Å². The van der Waals surface area contributed by atoms with Gasteiger partial charge in [0.2, 0.25) is 0 Å². The Labute approximate surface area is 115 Å². The predicted molar refractivity (Wildman–Crippen MR) is 74.9 cm³/mol. The maximum absolute atomic E-state index is 11.3. The maximum Gasteiger partial charge on any atom is 0.354 e. The molecule has 2 heterocycles. The van der Waals surface area contributed by atoms with Crippen LogP contribution < -0.4 is 0 Å². The molecule has 0 unspecified atom stereocenters. The molecule has 5 nitrogen and oxygen atoms in total. The summed E-state index contributed by atoms with van der Waals surface area (Å²) in [5.74, 6) is -1.00. The number of aryl methyl sites for hydroxylation is 2. The fourth-order valence-corrected chi connectivity index (χ4v) is 2.28. The van der Waals surface area contributed by atoms with Crippen molar-refractivity contribution < 1.29 is 9.90 Å². The van der Waals surface area contributed by atoms with Gasteiger partial charge < -0.3 is 5.11 Å². The fraction of sp³-hybridized carbons (Fsp3) is 0.133. The van der Waals surface area contributed by atoms with Gasteiger partial charge in [-0.25, -0.2) is 14.8 Å². The quantitative estimate of drug-likeness (QED) is 0.775. The number of benzene rings is 1. The molecule has 0 aliphatic rings. The summed E-state index contributed by atoms with van der Waals surface area (Å²) in [6, 6.07) is 7.98. The SMILES string of the molecule is Cc1ccc(-c2cncn3c(C(=O)O)c(C)nc23)cc1. The molecule has 1 N–H and O–H groups in total. The van der Waals surface area contributed by atoms with E-state index in [-0.39, 0.29) is 5.69 Å². The van der Waals surface area contributed by atoms with Crippen LogP contribution in [0.2, 0.25) is 0 Å². The van der Waals surface area contributed by atoms with E-state index in [1.807, 2.05) is 31.2 Å². The number of imidazole rings is 1. The van der Waals surface area contributed by atoms with Crippen molar-refractivity contribution in [3.05, 3.63) is 53.7 Å². The van der Waals surface area contributed by atoms with Crippen LogP contribution in [-0.4, -0.2) is 25.4 Å². The van der Waals surface area contributed by atoms with Crippen molar-refractivity contribution in [2.75, 3.05) is 0 Å². The summed E-state index contributed by atoms with van der Waals surface area (Å²) in [5, 5.41) is 9.26. The van der Waals surface area contributed by atoms with E-state index in [0.717, 1.165) is 11.1 Å². The summed E-state index contributed by atoms with van der Waals surface area (Å²) in [6.45, 7) is 3.71. The molecular weight excluding hydrogens is 254 g/mol. The van der Waals surface area contributed by atoms with Crippen LogP contribution in [-0.2, 0) is 0 Å². The molecule has 0 atom stereocenters. The maximum atomic E-state index is 11.3. The highest BCUT2D eigenvalue weighted by atomic mass is 16.4. The molecule has 0 saturated carbocycles. The lowest BCUT2D eigenvalue weighted by atomic mass is 10.1. The Morgan fingerprint density at radius 1 is 1.20 bits per heavy atom. The van der Waals surface area contributed by atoms with Crippen LogP contribution >= 0.6 is 0 Å². The summed E-state index contributed by atoms with van der Waals surface area (Å²) in [6.07, 6.45) is 3.19. The zero-order valence-corrected chi connectivity index (χ0v) is 11.2. The zero-order valence-electron chi connectivity index (χ0n) is 11.2. The van der Waals surface area contributed by atoms with Gasteiger partial charge in [0, 0.05) is 11.8 Å². The highest BCUT2D eigenvalue weighted by molar-refractivity contribution is 5.90. The molecule has 0 amide bonds. The van der Waals surface area contributed by atoms with Gasteiger partial charge in [0.1, 0.15) is 12.0 Å². The van der Waals surface area contributed by atoms with Crippen LogP contribution in [0.25, 0.3) is 16.8 Å². The normalized spacial score (nSPS) is 10.9. The summed E-state index contributed by atoms with van der Waals surface area (Å²) in [5.41, 5.74) is 4.21. The van der Waals surface area contributed by atoms with Crippen LogP contribution in [0.3, 0.4) is 0 Å². The number of rotatable bonds is 2. The van der Waals surface area contributed by atoms with E-state index in [4.69, 9.17) is 0 Å². The molecule has 0 bridgehead atoms. The summed E-state index contributed by atoms with van der Waals surface area (Å²) < 4.78 is 1.52. The molecule has 0 aliphatic carbocycles. The zero-order chi connectivity index (χ0) is 14.3. The van der Waals surface area contributed by atoms with Crippen molar-refractivity contribution in [2.24, 2.45) is 0 Å².